The van der Waals surface area contributed by atoms with Gasteiger partial charge in [-0.25, -0.2) is 4.98 Å². The van der Waals surface area contributed by atoms with Crippen molar-refractivity contribution in [3.05, 3.63) is 17.8 Å². The molecule has 0 spiro atoms. The molecule has 5 heteroatoms. The summed E-state index contributed by atoms with van der Waals surface area (Å²) >= 11 is 0. The van der Waals surface area contributed by atoms with Gasteiger partial charge in [-0.15, -0.1) is 0 Å². The molecule has 0 saturated heterocycles. The van der Waals surface area contributed by atoms with Gasteiger partial charge in [0.2, 0.25) is 5.76 Å². The van der Waals surface area contributed by atoms with E-state index in [1.807, 2.05) is 0 Å². The summed E-state index contributed by atoms with van der Waals surface area (Å²) < 4.78 is 5.01. The summed E-state index contributed by atoms with van der Waals surface area (Å²) in [5, 5.41) is 2.85. The molecule has 1 atom stereocenters. The first-order valence-electron chi connectivity index (χ1n) is 5.60. The van der Waals surface area contributed by atoms with Crippen molar-refractivity contribution in [1.29, 1.82) is 0 Å². The third kappa shape index (κ3) is 3.34. The van der Waals surface area contributed by atoms with Crippen molar-refractivity contribution in [3.8, 4) is 0 Å². The number of carbonyl (C=O) groups is 1. The van der Waals surface area contributed by atoms with E-state index in [0.29, 0.717) is 12.2 Å². The molecule has 3 N–H and O–H groups in total. The standard InChI is InChI=1S/C11H19N3O2/c1-3-4-5-9(6-12)14-11(15)10-8(2)13-7-16-10/h7,9H,3-6,12H2,1-2H3,(H,14,15). The minimum absolute atomic E-state index is 0.0111. The highest BCUT2D eigenvalue weighted by atomic mass is 16.3. The number of carbonyl (C=O) groups excluding carboxylic acids is 1. The van der Waals surface area contributed by atoms with E-state index in [-0.39, 0.29) is 17.7 Å². The second-order valence-electron chi connectivity index (χ2n) is 3.82. The minimum atomic E-state index is -0.235. The Kier molecular flexibility index (Phi) is 4.98. The van der Waals surface area contributed by atoms with Gasteiger partial charge in [0, 0.05) is 12.6 Å². The maximum atomic E-state index is 11.8. The van der Waals surface area contributed by atoms with Crippen LogP contribution >= 0.6 is 0 Å². The van der Waals surface area contributed by atoms with E-state index in [2.05, 4.69) is 17.2 Å². The molecule has 0 bridgehead atoms. The number of aromatic nitrogens is 1. The SMILES string of the molecule is CCCCC(CN)NC(=O)c1ocnc1C. The fourth-order valence-electron chi connectivity index (χ4n) is 1.47. The smallest absolute Gasteiger partial charge is 0.289 e. The summed E-state index contributed by atoms with van der Waals surface area (Å²) in [6.45, 7) is 4.29. The number of nitrogens with one attached hydrogen (secondary N) is 1. The molecule has 0 saturated carbocycles. The average Bonchev–Trinajstić information content (AvgIpc) is 2.70. The lowest BCUT2D eigenvalue weighted by Crippen LogP contribution is -2.40. The van der Waals surface area contributed by atoms with Gasteiger partial charge in [0.15, 0.2) is 6.39 Å². The first-order valence-corrected chi connectivity index (χ1v) is 5.60. The first-order chi connectivity index (χ1) is 7.69. The quantitative estimate of drug-likeness (QED) is 0.763. The topological polar surface area (TPSA) is 81.1 Å². The van der Waals surface area contributed by atoms with Gasteiger partial charge in [0.05, 0.1) is 5.69 Å². The van der Waals surface area contributed by atoms with Gasteiger partial charge >= 0.3 is 0 Å². The normalized spacial score (nSPS) is 12.4. The molecule has 1 amide bonds. The van der Waals surface area contributed by atoms with Crippen molar-refractivity contribution >= 4 is 5.91 Å². The van der Waals surface area contributed by atoms with Gasteiger partial charge in [-0.05, 0) is 13.3 Å². The summed E-state index contributed by atoms with van der Waals surface area (Å²) in [6, 6.07) is 0.0111. The van der Waals surface area contributed by atoms with Crippen LogP contribution in [0, 0.1) is 6.92 Å². The molecule has 0 aliphatic carbocycles. The molecule has 0 radical (unpaired) electrons. The molecule has 0 aromatic carbocycles. The lowest BCUT2D eigenvalue weighted by Gasteiger charge is -2.15. The predicted molar refractivity (Wildman–Crippen MR) is 61.1 cm³/mol. The minimum Gasteiger partial charge on any atom is -0.438 e. The van der Waals surface area contributed by atoms with Crippen LogP contribution in [-0.2, 0) is 0 Å². The zero-order valence-electron chi connectivity index (χ0n) is 9.82. The number of aryl methyl sites for hydroxylation is 1. The van der Waals surface area contributed by atoms with Crippen LogP contribution in [0.15, 0.2) is 10.8 Å². The number of oxazole rings is 1. The Morgan fingerprint density at radius 3 is 2.94 bits per heavy atom. The van der Waals surface area contributed by atoms with Gasteiger partial charge in [-0.3, -0.25) is 4.79 Å². The van der Waals surface area contributed by atoms with Gasteiger partial charge < -0.3 is 15.5 Å². The van der Waals surface area contributed by atoms with Crippen molar-refractivity contribution in [2.45, 2.75) is 39.2 Å². The van der Waals surface area contributed by atoms with Crippen molar-refractivity contribution in [3.63, 3.8) is 0 Å². The van der Waals surface area contributed by atoms with Crippen molar-refractivity contribution < 1.29 is 9.21 Å². The summed E-state index contributed by atoms with van der Waals surface area (Å²) in [5.74, 6) is 0.0384. The highest BCUT2D eigenvalue weighted by Crippen LogP contribution is 2.06. The summed E-state index contributed by atoms with van der Waals surface area (Å²) in [7, 11) is 0. The summed E-state index contributed by atoms with van der Waals surface area (Å²) in [6.07, 6.45) is 4.31. The maximum absolute atomic E-state index is 11.8. The van der Waals surface area contributed by atoms with Crippen molar-refractivity contribution in [1.82, 2.24) is 10.3 Å². The number of hydrogen-bond acceptors (Lipinski definition) is 4. The zero-order valence-corrected chi connectivity index (χ0v) is 9.82. The predicted octanol–water partition coefficient (Wildman–Crippen LogP) is 1.23. The number of nitrogens with two attached hydrogens (primary N) is 1. The van der Waals surface area contributed by atoms with Crippen LogP contribution in [0.3, 0.4) is 0 Å². The van der Waals surface area contributed by atoms with Crippen LogP contribution in [0.5, 0.6) is 0 Å². The van der Waals surface area contributed by atoms with Crippen LogP contribution in [-0.4, -0.2) is 23.5 Å². The highest BCUT2D eigenvalue weighted by Gasteiger charge is 2.17. The van der Waals surface area contributed by atoms with Crippen molar-refractivity contribution in [2.24, 2.45) is 5.73 Å². The lowest BCUT2D eigenvalue weighted by molar-refractivity contribution is 0.0907. The fraction of sp³-hybridized carbons (Fsp3) is 0.636. The summed E-state index contributed by atoms with van der Waals surface area (Å²) in [4.78, 5) is 15.6. The van der Waals surface area contributed by atoms with E-state index in [9.17, 15) is 4.79 Å². The average molecular weight is 225 g/mol. The largest absolute Gasteiger partial charge is 0.438 e. The van der Waals surface area contributed by atoms with E-state index in [4.69, 9.17) is 10.2 Å². The highest BCUT2D eigenvalue weighted by molar-refractivity contribution is 5.92. The molecule has 5 nitrogen and oxygen atoms in total. The monoisotopic (exact) mass is 225 g/mol. The molecule has 1 unspecified atom stereocenters. The van der Waals surface area contributed by atoms with Crippen LogP contribution in [0.4, 0.5) is 0 Å². The number of rotatable bonds is 6. The Morgan fingerprint density at radius 2 is 2.44 bits per heavy atom. The van der Waals surface area contributed by atoms with E-state index < -0.39 is 0 Å². The molecule has 0 fully saturated rings. The Morgan fingerprint density at radius 1 is 1.69 bits per heavy atom. The third-order valence-electron chi connectivity index (χ3n) is 2.48. The molecular weight excluding hydrogens is 206 g/mol. The second-order valence-corrected chi connectivity index (χ2v) is 3.82. The third-order valence-corrected chi connectivity index (χ3v) is 2.48. The number of nitrogens with zero attached hydrogens (tertiary/aromatic N) is 1. The Bertz CT molecular complexity index is 336. The van der Waals surface area contributed by atoms with E-state index in [1.54, 1.807) is 6.92 Å². The molecule has 1 rings (SSSR count). The maximum Gasteiger partial charge on any atom is 0.289 e. The van der Waals surface area contributed by atoms with Crippen LogP contribution in [0.1, 0.15) is 42.4 Å². The Labute approximate surface area is 95.4 Å². The van der Waals surface area contributed by atoms with Gasteiger partial charge in [0.1, 0.15) is 0 Å². The second kappa shape index (κ2) is 6.27. The van der Waals surface area contributed by atoms with Gasteiger partial charge in [-0.1, -0.05) is 19.8 Å². The summed E-state index contributed by atoms with van der Waals surface area (Å²) in [5.41, 5.74) is 6.19. The Hall–Kier alpha value is -1.36. The van der Waals surface area contributed by atoms with E-state index in [1.165, 1.54) is 6.39 Å². The van der Waals surface area contributed by atoms with Gasteiger partial charge in [-0.2, -0.15) is 0 Å². The van der Waals surface area contributed by atoms with Gasteiger partial charge in [0.25, 0.3) is 5.91 Å². The number of unbranched alkanes of at least 4 members (excludes halogenated alkanes) is 1. The molecule has 0 aliphatic rings. The van der Waals surface area contributed by atoms with Crippen LogP contribution in [0.2, 0.25) is 0 Å². The lowest BCUT2D eigenvalue weighted by atomic mass is 10.1. The number of amides is 1. The molecule has 1 heterocycles. The van der Waals surface area contributed by atoms with E-state index in [0.717, 1.165) is 19.3 Å². The molecule has 16 heavy (non-hydrogen) atoms. The molecule has 0 aliphatic heterocycles. The van der Waals surface area contributed by atoms with Crippen LogP contribution in [0.25, 0.3) is 0 Å². The molecular formula is C11H19N3O2. The first kappa shape index (κ1) is 12.7. The number of hydrogen-bond donors (Lipinski definition) is 2. The Balaban J connectivity index is 2.52. The zero-order chi connectivity index (χ0) is 12.0. The molecule has 90 valence electrons. The molecule has 1 aromatic rings. The van der Waals surface area contributed by atoms with Crippen LogP contribution < -0.4 is 11.1 Å². The molecule has 1 aromatic heterocycles. The van der Waals surface area contributed by atoms with E-state index >= 15 is 0 Å². The fourth-order valence-corrected chi connectivity index (χ4v) is 1.47. The van der Waals surface area contributed by atoms with Crippen molar-refractivity contribution in [2.75, 3.05) is 6.54 Å².